The Balaban J connectivity index is 2.58. The van der Waals surface area contributed by atoms with E-state index in [9.17, 15) is 9.59 Å². The molecule has 1 amide bonds. The maximum absolute atomic E-state index is 11.4. The number of rotatable bonds is 5. The van der Waals surface area contributed by atoms with Crippen LogP contribution in [-0.2, 0) is 11.3 Å². The fourth-order valence-electron chi connectivity index (χ4n) is 1.68. The van der Waals surface area contributed by atoms with Gasteiger partial charge in [0, 0.05) is 33.3 Å². The van der Waals surface area contributed by atoms with Crippen LogP contribution in [-0.4, -0.2) is 40.5 Å². The van der Waals surface area contributed by atoms with Gasteiger partial charge in [-0.2, -0.15) is 0 Å². The zero-order valence-electron chi connectivity index (χ0n) is 10.4. The number of carboxylic acid groups (broad SMARTS) is 1. The smallest absolute Gasteiger partial charge is 0.352 e. The molecule has 0 spiro atoms. The summed E-state index contributed by atoms with van der Waals surface area (Å²) in [5.41, 5.74) is 1.05. The quantitative estimate of drug-likeness (QED) is 0.842. The Hall–Kier alpha value is -1.78. The van der Waals surface area contributed by atoms with Crippen molar-refractivity contribution in [3.05, 3.63) is 23.5 Å². The highest BCUT2D eigenvalue weighted by Crippen LogP contribution is 2.11. The summed E-state index contributed by atoms with van der Waals surface area (Å²) in [4.78, 5) is 23.9. The lowest BCUT2D eigenvalue weighted by atomic mass is 10.2. The first-order chi connectivity index (χ1) is 7.93. The number of hydrogen-bond donors (Lipinski definition) is 1. The van der Waals surface area contributed by atoms with Gasteiger partial charge in [0.25, 0.3) is 0 Å². The molecule has 0 bridgehead atoms. The van der Waals surface area contributed by atoms with Gasteiger partial charge in [0.2, 0.25) is 5.91 Å². The summed E-state index contributed by atoms with van der Waals surface area (Å²) in [6.07, 6.45) is 2.83. The summed E-state index contributed by atoms with van der Waals surface area (Å²) in [6, 6.07) is 1.78. The van der Waals surface area contributed by atoms with E-state index < -0.39 is 5.97 Å². The average molecular weight is 238 g/mol. The molecule has 0 aliphatic heterocycles. The van der Waals surface area contributed by atoms with Crippen molar-refractivity contribution in [2.75, 3.05) is 14.1 Å². The van der Waals surface area contributed by atoms with Crippen molar-refractivity contribution in [3.8, 4) is 0 Å². The van der Waals surface area contributed by atoms with E-state index in [4.69, 9.17) is 5.11 Å². The number of amides is 1. The number of aromatic carboxylic acids is 1. The Kier molecular flexibility index (Phi) is 4.31. The summed E-state index contributed by atoms with van der Waals surface area (Å²) in [6.45, 7) is 2.32. The first-order valence-corrected chi connectivity index (χ1v) is 5.52. The van der Waals surface area contributed by atoms with Gasteiger partial charge in [-0.05, 0) is 25.0 Å². The number of carboxylic acids is 1. The topological polar surface area (TPSA) is 62.5 Å². The number of carbonyl (C=O) groups excluding carboxylic acids is 1. The molecule has 1 aromatic rings. The van der Waals surface area contributed by atoms with Crippen LogP contribution in [0.4, 0.5) is 0 Å². The van der Waals surface area contributed by atoms with Gasteiger partial charge in [-0.1, -0.05) is 0 Å². The van der Waals surface area contributed by atoms with Gasteiger partial charge in [-0.15, -0.1) is 0 Å². The Bertz CT molecular complexity index is 421. The fourth-order valence-corrected chi connectivity index (χ4v) is 1.68. The third-order valence-electron chi connectivity index (χ3n) is 2.66. The first-order valence-electron chi connectivity index (χ1n) is 5.52. The zero-order chi connectivity index (χ0) is 13.0. The van der Waals surface area contributed by atoms with Crippen molar-refractivity contribution in [2.45, 2.75) is 26.3 Å². The molecule has 0 saturated carbocycles. The Morgan fingerprint density at radius 1 is 1.41 bits per heavy atom. The molecule has 0 fully saturated rings. The molecule has 0 atom stereocenters. The normalized spacial score (nSPS) is 10.3. The van der Waals surface area contributed by atoms with Gasteiger partial charge in [-0.3, -0.25) is 4.79 Å². The molecule has 0 saturated heterocycles. The predicted molar refractivity (Wildman–Crippen MR) is 64.1 cm³/mol. The summed E-state index contributed by atoms with van der Waals surface area (Å²) in [5, 5.41) is 9.04. The molecule has 1 heterocycles. The lowest BCUT2D eigenvalue weighted by Crippen LogP contribution is -2.21. The number of hydrogen-bond acceptors (Lipinski definition) is 2. The molecule has 1 N–H and O–H groups in total. The van der Waals surface area contributed by atoms with Crippen molar-refractivity contribution in [3.63, 3.8) is 0 Å². The maximum Gasteiger partial charge on any atom is 0.352 e. The molecule has 1 aromatic heterocycles. The molecule has 5 nitrogen and oxygen atoms in total. The van der Waals surface area contributed by atoms with Crippen molar-refractivity contribution in [2.24, 2.45) is 0 Å². The molecule has 17 heavy (non-hydrogen) atoms. The standard InChI is InChI=1S/C12H18N2O3/c1-9-6-8-14(11(9)12(16)17)7-4-5-10(15)13(2)3/h6,8H,4-5,7H2,1-3H3,(H,16,17). The molecule has 0 aromatic carbocycles. The third kappa shape index (κ3) is 3.34. The second-order valence-electron chi connectivity index (χ2n) is 4.24. The van der Waals surface area contributed by atoms with Crippen LogP contribution in [0.2, 0.25) is 0 Å². The number of nitrogens with zero attached hydrogens (tertiary/aromatic N) is 2. The van der Waals surface area contributed by atoms with Crippen molar-refractivity contribution >= 4 is 11.9 Å². The second kappa shape index (κ2) is 5.52. The van der Waals surface area contributed by atoms with Crippen LogP contribution in [0.25, 0.3) is 0 Å². The molecule has 1 rings (SSSR count). The van der Waals surface area contributed by atoms with Gasteiger partial charge >= 0.3 is 5.97 Å². The van der Waals surface area contributed by atoms with Crippen LogP contribution in [0.1, 0.15) is 28.9 Å². The highest BCUT2D eigenvalue weighted by Gasteiger charge is 2.13. The van der Waals surface area contributed by atoms with E-state index in [1.165, 1.54) is 0 Å². The first kappa shape index (κ1) is 13.3. The second-order valence-corrected chi connectivity index (χ2v) is 4.24. The highest BCUT2D eigenvalue weighted by molar-refractivity contribution is 5.87. The molecular weight excluding hydrogens is 220 g/mol. The summed E-state index contributed by atoms with van der Waals surface area (Å²) >= 11 is 0. The van der Waals surface area contributed by atoms with Crippen LogP contribution >= 0.6 is 0 Å². The summed E-state index contributed by atoms with van der Waals surface area (Å²) in [5.74, 6) is -0.864. The van der Waals surface area contributed by atoms with E-state index in [1.807, 2.05) is 0 Å². The highest BCUT2D eigenvalue weighted by atomic mass is 16.4. The predicted octanol–water partition coefficient (Wildman–Crippen LogP) is 1.36. The molecule has 5 heteroatoms. The molecule has 0 unspecified atom stereocenters. The molecule has 94 valence electrons. The SMILES string of the molecule is Cc1ccn(CCCC(=O)N(C)C)c1C(=O)O. The van der Waals surface area contributed by atoms with Crippen molar-refractivity contribution in [1.29, 1.82) is 0 Å². The van der Waals surface area contributed by atoms with E-state index in [-0.39, 0.29) is 5.91 Å². The Morgan fingerprint density at radius 2 is 2.06 bits per heavy atom. The summed E-state index contributed by atoms with van der Waals surface area (Å²) in [7, 11) is 3.43. The minimum absolute atomic E-state index is 0.0609. The van der Waals surface area contributed by atoms with Crippen LogP contribution < -0.4 is 0 Å². The minimum atomic E-state index is -0.925. The lowest BCUT2D eigenvalue weighted by Gasteiger charge is -2.11. The van der Waals surface area contributed by atoms with Gasteiger partial charge in [-0.25, -0.2) is 4.79 Å². The van der Waals surface area contributed by atoms with Crippen LogP contribution in [0.5, 0.6) is 0 Å². The van der Waals surface area contributed by atoms with Crippen LogP contribution in [0.3, 0.4) is 0 Å². The molecule has 0 radical (unpaired) electrons. The van der Waals surface area contributed by atoms with Crippen LogP contribution in [0.15, 0.2) is 12.3 Å². The molecular formula is C12H18N2O3. The van der Waals surface area contributed by atoms with E-state index in [2.05, 4.69) is 0 Å². The van der Waals surface area contributed by atoms with Gasteiger partial charge < -0.3 is 14.6 Å². The van der Waals surface area contributed by atoms with E-state index >= 15 is 0 Å². The lowest BCUT2D eigenvalue weighted by molar-refractivity contribution is -0.128. The van der Waals surface area contributed by atoms with E-state index in [1.54, 1.807) is 42.7 Å². The largest absolute Gasteiger partial charge is 0.477 e. The average Bonchev–Trinajstić information content (AvgIpc) is 2.59. The minimum Gasteiger partial charge on any atom is -0.477 e. The zero-order valence-corrected chi connectivity index (χ0v) is 10.4. The number of aryl methyl sites for hydroxylation is 2. The van der Waals surface area contributed by atoms with Crippen molar-refractivity contribution in [1.82, 2.24) is 9.47 Å². The summed E-state index contributed by atoms with van der Waals surface area (Å²) < 4.78 is 1.68. The van der Waals surface area contributed by atoms with Gasteiger partial charge in [0.1, 0.15) is 5.69 Å². The van der Waals surface area contributed by atoms with Gasteiger partial charge in [0.05, 0.1) is 0 Å². The number of carbonyl (C=O) groups is 2. The fraction of sp³-hybridized carbons (Fsp3) is 0.500. The van der Waals surface area contributed by atoms with Crippen molar-refractivity contribution < 1.29 is 14.7 Å². The molecule has 0 aliphatic rings. The monoisotopic (exact) mass is 238 g/mol. The maximum atomic E-state index is 11.4. The third-order valence-corrected chi connectivity index (χ3v) is 2.66. The van der Waals surface area contributed by atoms with Crippen LogP contribution in [0, 0.1) is 6.92 Å². The number of aromatic nitrogens is 1. The van der Waals surface area contributed by atoms with E-state index in [0.29, 0.717) is 25.1 Å². The molecule has 0 aliphatic carbocycles. The Labute approximate surface area is 101 Å². The van der Waals surface area contributed by atoms with Gasteiger partial charge in [0.15, 0.2) is 0 Å². The Morgan fingerprint density at radius 3 is 2.59 bits per heavy atom. The van der Waals surface area contributed by atoms with E-state index in [0.717, 1.165) is 5.56 Å².